The molecule has 0 aromatic heterocycles. The number of nitrogens with zero attached hydrogens (tertiary/aromatic N) is 1. The number of carbonyl (C=O) groups is 1. The lowest BCUT2D eigenvalue weighted by Gasteiger charge is -2.31. The largest absolute Gasteiger partial charge is 0.381 e. The van der Waals surface area contributed by atoms with Gasteiger partial charge in [0.05, 0.1) is 11.6 Å². The number of benzene rings is 1. The van der Waals surface area contributed by atoms with Gasteiger partial charge in [-0.1, -0.05) is 18.2 Å². The molecule has 0 aliphatic carbocycles. The van der Waals surface area contributed by atoms with Crippen molar-refractivity contribution in [1.82, 2.24) is 5.06 Å². The molecule has 19 heavy (non-hydrogen) atoms. The molecule has 104 valence electrons. The summed E-state index contributed by atoms with van der Waals surface area (Å²) < 4.78 is 5.34. The van der Waals surface area contributed by atoms with Crippen molar-refractivity contribution < 1.29 is 14.4 Å². The molecule has 0 N–H and O–H groups in total. The van der Waals surface area contributed by atoms with Gasteiger partial charge in [-0.15, -0.1) is 5.06 Å². The van der Waals surface area contributed by atoms with Crippen LogP contribution in [0.1, 0.15) is 35.7 Å². The third kappa shape index (κ3) is 3.55. The van der Waals surface area contributed by atoms with E-state index >= 15 is 0 Å². The molecule has 2 rings (SSSR count). The number of hydroxylamine groups is 2. The summed E-state index contributed by atoms with van der Waals surface area (Å²) in [4.78, 5) is 17.7. The van der Waals surface area contributed by atoms with Crippen molar-refractivity contribution in [2.24, 2.45) is 0 Å². The molecule has 1 aromatic rings. The van der Waals surface area contributed by atoms with E-state index in [-0.39, 0.29) is 12.0 Å². The zero-order chi connectivity index (χ0) is 13.7. The summed E-state index contributed by atoms with van der Waals surface area (Å²) in [5.74, 6) is -0.272. The second kappa shape index (κ2) is 6.68. The van der Waals surface area contributed by atoms with E-state index in [0.717, 1.165) is 31.6 Å². The van der Waals surface area contributed by atoms with Crippen LogP contribution in [0.2, 0.25) is 0 Å². The Hall–Kier alpha value is -1.39. The van der Waals surface area contributed by atoms with Crippen molar-refractivity contribution in [2.45, 2.75) is 32.7 Å². The summed E-state index contributed by atoms with van der Waals surface area (Å²) in [6, 6.07) is 7.76. The summed E-state index contributed by atoms with van der Waals surface area (Å²) in [6.07, 6.45) is 1.82. The maximum absolute atomic E-state index is 12.2. The molecular formula is C15H21NO3. The standard InChI is InChI=1S/C15H21NO3/c1-3-16(13-8-10-18-11-9-13)19-15(17)14-7-5-4-6-12(14)2/h4-7,13H,3,8-11H2,1-2H3. The van der Waals surface area contributed by atoms with Crippen LogP contribution in [0.3, 0.4) is 0 Å². The lowest BCUT2D eigenvalue weighted by molar-refractivity contribution is -0.152. The van der Waals surface area contributed by atoms with Gasteiger partial charge in [0, 0.05) is 19.8 Å². The monoisotopic (exact) mass is 263 g/mol. The van der Waals surface area contributed by atoms with Crippen LogP contribution in [0.4, 0.5) is 0 Å². The first-order chi connectivity index (χ1) is 9.22. The fourth-order valence-corrected chi connectivity index (χ4v) is 2.33. The quantitative estimate of drug-likeness (QED) is 0.783. The molecule has 1 aliphatic rings. The third-order valence-electron chi connectivity index (χ3n) is 3.47. The molecule has 1 heterocycles. The molecule has 1 saturated heterocycles. The number of rotatable bonds is 4. The highest BCUT2D eigenvalue weighted by molar-refractivity contribution is 5.90. The predicted molar refractivity (Wildman–Crippen MR) is 72.8 cm³/mol. The first-order valence-corrected chi connectivity index (χ1v) is 6.84. The van der Waals surface area contributed by atoms with Crippen LogP contribution in [0, 0.1) is 6.92 Å². The third-order valence-corrected chi connectivity index (χ3v) is 3.47. The molecule has 0 bridgehead atoms. The van der Waals surface area contributed by atoms with E-state index in [9.17, 15) is 4.79 Å². The Balaban J connectivity index is 2.01. The van der Waals surface area contributed by atoms with Gasteiger partial charge in [-0.2, -0.15) is 0 Å². The topological polar surface area (TPSA) is 38.8 Å². The molecule has 0 saturated carbocycles. The number of hydrogen-bond acceptors (Lipinski definition) is 4. The zero-order valence-corrected chi connectivity index (χ0v) is 11.6. The number of aryl methyl sites for hydroxylation is 1. The Morgan fingerprint density at radius 3 is 2.68 bits per heavy atom. The smallest absolute Gasteiger partial charge is 0.357 e. The van der Waals surface area contributed by atoms with Crippen LogP contribution in [-0.2, 0) is 9.57 Å². The zero-order valence-electron chi connectivity index (χ0n) is 11.6. The molecule has 1 aliphatic heterocycles. The van der Waals surface area contributed by atoms with Crippen molar-refractivity contribution in [1.29, 1.82) is 0 Å². The van der Waals surface area contributed by atoms with Crippen molar-refractivity contribution in [2.75, 3.05) is 19.8 Å². The van der Waals surface area contributed by atoms with Gasteiger partial charge >= 0.3 is 5.97 Å². The minimum Gasteiger partial charge on any atom is -0.381 e. The van der Waals surface area contributed by atoms with Crippen molar-refractivity contribution in [3.8, 4) is 0 Å². The van der Waals surface area contributed by atoms with Gasteiger partial charge in [0.15, 0.2) is 0 Å². The second-order valence-corrected chi connectivity index (χ2v) is 4.77. The minimum atomic E-state index is -0.272. The first-order valence-electron chi connectivity index (χ1n) is 6.84. The summed E-state index contributed by atoms with van der Waals surface area (Å²) in [5.41, 5.74) is 1.57. The van der Waals surface area contributed by atoms with E-state index in [2.05, 4.69) is 0 Å². The number of ether oxygens (including phenoxy) is 1. The van der Waals surface area contributed by atoms with Crippen LogP contribution in [0.5, 0.6) is 0 Å². The van der Waals surface area contributed by atoms with E-state index in [1.165, 1.54) is 0 Å². The molecule has 0 amide bonds. The maximum Gasteiger partial charge on any atom is 0.357 e. The van der Waals surface area contributed by atoms with Gasteiger partial charge in [0.1, 0.15) is 0 Å². The summed E-state index contributed by atoms with van der Waals surface area (Å²) in [6.45, 7) is 6.09. The van der Waals surface area contributed by atoms with Gasteiger partial charge < -0.3 is 9.57 Å². The predicted octanol–water partition coefficient (Wildman–Crippen LogP) is 2.57. The van der Waals surface area contributed by atoms with E-state index in [1.807, 2.05) is 32.0 Å². The molecule has 1 fully saturated rings. The van der Waals surface area contributed by atoms with Gasteiger partial charge in [0.25, 0.3) is 0 Å². The fourth-order valence-electron chi connectivity index (χ4n) is 2.33. The number of carbonyl (C=O) groups excluding carboxylic acids is 1. The van der Waals surface area contributed by atoms with Crippen LogP contribution in [-0.4, -0.2) is 36.8 Å². The number of hydrogen-bond donors (Lipinski definition) is 0. The van der Waals surface area contributed by atoms with Crippen LogP contribution in [0.15, 0.2) is 24.3 Å². The van der Waals surface area contributed by atoms with Crippen molar-refractivity contribution in [3.63, 3.8) is 0 Å². The second-order valence-electron chi connectivity index (χ2n) is 4.77. The highest BCUT2D eigenvalue weighted by Gasteiger charge is 2.24. The van der Waals surface area contributed by atoms with E-state index in [4.69, 9.17) is 9.57 Å². The van der Waals surface area contributed by atoms with Crippen LogP contribution in [0.25, 0.3) is 0 Å². The van der Waals surface area contributed by atoms with Gasteiger partial charge in [-0.25, -0.2) is 4.79 Å². The Morgan fingerprint density at radius 1 is 1.37 bits per heavy atom. The van der Waals surface area contributed by atoms with Crippen LogP contribution >= 0.6 is 0 Å². The van der Waals surface area contributed by atoms with Crippen LogP contribution < -0.4 is 0 Å². The lowest BCUT2D eigenvalue weighted by atomic mass is 10.1. The van der Waals surface area contributed by atoms with Crippen molar-refractivity contribution >= 4 is 5.97 Å². The molecule has 4 heteroatoms. The minimum absolute atomic E-state index is 0.270. The Kier molecular flexibility index (Phi) is 4.93. The Morgan fingerprint density at radius 2 is 2.05 bits per heavy atom. The van der Waals surface area contributed by atoms with Gasteiger partial charge in [0.2, 0.25) is 0 Å². The van der Waals surface area contributed by atoms with E-state index < -0.39 is 0 Å². The molecule has 4 nitrogen and oxygen atoms in total. The van der Waals surface area contributed by atoms with Crippen molar-refractivity contribution in [3.05, 3.63) is 35.4 Å². The normalized spacial score (nSPS) is 16.6. The highest BCUT2D eigenvalue weighted by atomic mass is 16.7. The molecule has 0 spiro atoms. The van der Waals surface area contributed by atoms with Gasteiger partial charge in [-0.05, 0) is 38.3 Å². The molecule has 0 unspecified atom stereocenters. The van der Waals surface area contributed by atoms with Gasteiger partial charge in [-0.3, -0.25) is 0 Å². The maximum atomic E-state index is 12.2. The Bertz CT molecular complexity index is 427. The lowest BCUT2D eigenvalue weighted by Crippen LogP contribution is -2.40. The molecular weight excluding hydrogens is 242 g/mol. The average molecular weight is 263 g/mol. The average Bonchev–Trinajstić information content (AvgIpc) is 2.46. The van der Waals surface area contributed by atoms with E-state index in [1.54, 1.807) is 11.1 Å². The summed E-state index contributed by atoms with van der Waals surface area (Å²) in [7, 11) is 0. The fraction of sp³-hybridized carbons (Fsp3) is 0.533. The summed E-state index contributed by atoms with van der Waals surface area (Å²) in [5, 5.41) is 1.79. The van der Waals surface area contributed by atoms with E-state index in [0.29, 0.717) is 12.1 Å². The molecule has 0 radical (unpaired) electrons. The summed E-state index contributed by atoms with van der Waals surface area (Å²) >= 11 is 0. The molecule has 0 atom stereocenters. The first kappa shape index (κ1) is 14.0. The Labute approximate surface area is 114 Å². The SMILES string of the molecule is CCN(OC(=O)c1ccccc1C)C1CCOCC1. The highest BCUT2D eigenvalue weighted by Crippen LogP contribution is 2.17. The molecule has 1 aromatic carbocycles.